The van der Waals surface area contributed by atoms with Crippen molar-refractivity contribution >= 4 is 33.2 Å². The third-order valence-corrected chi connectivity index (χ3v) is 6.38. The molecule has 5 rings (SSSR count). The molecular weight excluding hydrogens is 388 g/mol. The summed E-state index contributed by atoms with van der Waals surface area (Å²) in [6, 6.07) is 6.98. The Morgan fingerprint density at radius 3 is 3.00 bits per heavy atom. The van der Waals surface area contributed by atoms with Crippen LogP contribution in [0.2, 0.25) is 0 Å². The van der Waals surface area contributed by atoms with Gasteiger partial charge in [-0.15, -0.1) is 0 Å². The molecule has 0 radical (unpaired) electrons. The smallest absolute Gasteiger partial charge is 0.338 e. The molecule has 1 N–H and O–H groups in total. The highest BCUT2D eigenvalue weighted by Gasteiger charge is 2.17. The first-order chi connectivity index (χ1) is 14.1. The standard InChI is InChI=1S/C21H20N4O3S/c1-2-18-24-25-19(26)10-13(22-21(25)29-18)11-28-20(27)12-7-8-17-15(9-12)14-5-3-4-6-16(14)23-17/h7-10,23H,2-6,11H2,1H3. The Kier molecular flexibility index (Phi) is 4.43. The summed E-state index contributed by atoms with van der Waals surface area (Å²) in [5.41, 5.74) is 4.33. The van der Waals surface area contributed by atoms with Gasteiger partial charge in [-0.1, -0.05) is 18.3 Å². The van der Waals surface area contributed by atoms with Crippen LogP contribution in [-0.2, 0) is 30.6 Å². The Bertz CT molecular complexity index is 1300. The van der Waals surface area contributed by atoms with E-state index in [4.69, 9.17) is 4.74 Å². The summed E-state index contributed by atoms with van der Waals surface area (Å²) in [6.45, 7) is 1.93. The van der Waals surface area contributed by atoms with Crippen molar-refractivity contribution in [3.63, 3.8) is 0 Å². The minimum Gasteiger partial charge on any atom is -0.456 e. The minimum atomic E-state index is -0.418. The molecule has 0 spiro atoms. The van der Waals surface area contributed by atoms with Crippen LogP contribution in [0.15, 0.2) is 29.1 Å². The van der Waals surface area contributed by atoms with E-state index in [0.717, 1.165) is 35.2 Å². The van der Waals surface area contributed by atoms with Crippen LogP contribution < -0.4 is 5.56 Å². The number of H-pyrrole nitrogens is 1. The molecule has 8 heteroatoms. The van der Waals surface area contributed by atoms with Gasteiger partial charge >= 0.3 is 5.97 Å². The van der Waals surface area contributed by atoms with Gasteiger partial charge in [0, 0.05) is 22.7 Å². The number of rotatable bonds is 4. The average molecular weight is 408 g/mol. The summed E-state index contributed by atoms with van der Waals surface area (Å²) in [5, 5.41) is 6.16. The predicted molar refractivity (Wildman–Crippen MR) is 111 cm³/mol. The lowest BCUT2D eigenvalue weighted by atomic mass is 9.95. The van der Waals surface area contributed by atoms with Crippen LogP contribution in [0.4, 0.5) is 0 Å². The lowest BCUT2D eigenvalue weighted by molar-refractivity contribution is 0.0468. The van der Waals surface area contributed by atoms with Crippen molar-refractivity contribution in [1.82, 2.24) is 19.6 Å². The molecule has 0 unspecified atom stereocenters. The van der Waals surface area contributed by atoms with Crippen molar-refractivity contribution in [2.75, 3.05) is 0 Å². The molecule has 0 atom stereocenters. The first-order valence-corrected chi connectivity index (χ1v) is 10.6. The van der Waals surface area contributed by atoms with Gasteiger partial charge in [-0.25, -0.2) is 9.78 Å². The van der Waals surface area contributed by atoms with E-state index in [1.807, 2.05) is 19.1 Å². The predicted octanol–water partition coefficient (Wildman–Crippen LogP) is 3.43. The molecule has 3 aromatic heterocycles. The van der Waals surface area contributed by atoms with Gasteiger partial charge in [0.25, 0.3) is 5.56 Å². The number of esters is 1. The SMILES string of the molecule is CCc1nn2c(=O)cc(COC(=O)c3ccc4[nH]c5c(c4c3)CCCC5)nc2s1. The third kappa shape index (κ3) is 3.23. The molecule has 7 nitrogen and oxygen atoms in total. The number of nitrogens with zero attached hydrogens (tertiary/aromatic N) is 3. The van der Waals surface area contributed by atoms with Crippen LogP contribution in [0.5, 0.6) is 0 Å². The third-order valence-electron chi connectivity index (χ3n) is 5.33. The maximum absolute atomic E-state index is 12.6. The topological polar surface area (TPSA) is 89.4 Å². The van der Waals surface area contributed by atoms with Gasteiger partial charge in [-0.3, -0.25) is 4.79 Å². The van der Waals surface area contributed by atoms with E-state index in [0.29, 0.717) is 16.2 Å². The highest BCUT2D eigenvalue weighted by atomic mass is 32.1. The largest absolute Gasteiger partial charge is 0.456 e. The fourth-order valence-corrected chi connectivity index (χ4v) is 4.73. The van der Waals surface area contributed by atoms with Crippen LogP contribution in [0.1, 0.15) is 52.1 Å². The second-order valence-electron chi connectivity index (χ2n) is 7.26. The zero-order valence-electron chi connectivity index (χ0n) is 16.0. The highest BCUT2D eigenvalue weighted by molar-refractivity contribution is 7.16. The van der Waals surface area contributed by atoms with Gasteiger partial charge in [0.05, 0.1) is 11.3 Å². The Morgan fingerprint density at radius 1 is 1.28 bits per heavy atom. The van der Waals surface area contributed by atoms with Crippen LogP contribution >= 0.6 is 11.3 Å². The second kappa shape index (κ2) is 7.11. The maximum atomic E-state index is 12.6. The number of fused-ring (bicyclic) bond motifs is 4. The van der Waals surface area contributed by atoms with E-state index < -0.39 is 5.97 Å². The molecule has 1 aliphatic carbocycles. The molecule has 1 aromatic carbocycles. The van der Waals surface area contributed by atoms with Crippen molar-refractivity contribution in [3.8, 4) is 0 Å². The Morgan fingerprint density at radius 2 is 2.14 bits per heavy atom. The van der Waals surface area contributed by atoms with Gasteiger partial charge in [-0.2, -0.15) is 9.61 Å². The van der Waals surface area contributed by atoms with Gasteiger partial charge in [0.2, 0.25) is 4.96 Å². The second-order valence-corrected chi connectivity index (χ2v) is 8.30. The number of aromatic amines is 1. The summed E-state index contributed by atoms with van der Waals surface area (Å²) < 4.78 is 6.73. The summed E-state index contributed by atoms with van der Waals surface area (Å²) in [5.74, 6) is -0.418. The molecule has 0 fully saturated rings. The number of carbonyl (C=O) groups is 1. The number of hydrogen-bond acceptors (Lipinski definition) is 6. The number of benzene rings is 1. The molecule has 4 aromatic rings. The van der Waals surface area contributed by atoms with Crippen molar-refractivity contribution in [2.24, 2.45) is 0 Å². The highest BCUT2D eigenvalue weighted by Crippen LogP contribution is 2.29. The first-order valence-electron chi connectivity index (χ1n) is 9.81. The maximum Gasteiger partial charge on any atom is 0.338 e. The first kappa shape index (κ1) is 18.1. The lowest BCUT2D eigenvalue weighted by Crippen LogP contribution is -2.16. The van der Waals surface area contributed by atoms with Gasteiger partial charge < -0.3 is 9.72 Å². The number of hydrogen-bond donors (Lipinski definition) is 1. The summed E-state index contributed by atoms with van der Waals surface area (Å²) in [4.78, 5) is 33.2. The molecule has 29 heavy (non-hydrogen) atoms. The summed E-state index contributed by atoms with van der Waals surface area (Å²) in [7, 11) is 0. The molecule has 0 saturated heterocycles. The molecule has 0 aliphatic heterocycles. The van der Waals surface area contributed by atoms with Crippen molar-refractivity contribution in [3.05, 3.63) is 62.1 Å². The Labute approximate surface area is 170 Å². The van der Waals surface area contributed by atoms with E-state index in [1.54, 1.807) is 6.07 Å². The van der Waals surface area contributed by atoms with E-state index in [2.05, 4.69) is 15.1 Å². The van der Waals surface area contributed by atoms with Crippen LogP contribution in [0, 0.1) is 0 Å². The van der Waals surface area contributed by atoms with E-state index in [-0.39, 0.29) is 12.2 Å². The molecule has 0 bridgehead atoms. The van der Waals surface area contributed by atoms with Crippen molar-refractivity contribution in [2.45, 2.75) is 45.6 Å². The zero-order chi connectivity index (χ0) is 20.0. The fourth-order valence-electron chi connectivity index (χ4n) is 3.87. The molecule has 3 heterocycles. The minimum absolute atomic E-state index is 0.0484. The van der Waals surface area contributed by atoms with Crippen LogP contribution in [0.3, 0.4) is 0 Å². The van der Waals surface area contributed by atoms with E-state index >= 15 is 0 Å². The van der Waals surface area contributed by atoms with Gasteiger partial charge in [0.15, 0.2) is 0 Å². The molecule has 0 amide bonds. The Hall–Kier alpha value is -3.00. The average Bonchev–Trinajstić information content (AvgIpc) is 3.33. The summed E-state index contributed by atoms with van der Waals surface area (Å²) >= 11 is 1.37. The van der Waals surface area contributed by atoms with Crippen LogP contribution in [-0.4, -0.2) is 25.6 Å². The van der Waals surface area contributed by atoms with Crippen LogP contribution in [0.25, 0.3) is 15.9 Å². The van der Waals surface area contributed by atoms with Crippen molar-refractivity contribution in [1.29, 1.82) is 0 Å². The lowest BCUT2D eigenvalue weighted by Gasteiger charge is -2.10. The van der Waals surface area contributed by atoms with E-state index in [1.165, 1.54) is 46.0 Å². The monoisotopic (exact) mass is 408 g/mol. The Balaban J connectivity index is 1.38. The van der Waals surface area contributed by atoms with Crippen molar-refractivity contribution < 1.29 is 9.53 Å². The molecular formula is C21H20N4O3S. The molecule has 1 aliphatic rings. The van der Waals surface area contributed by atoms with Gasteiger partial charge in [0.1, 0.15) is 11.6 Å². The molecule has 148 valence electrons. The number of aromatic nitrogens is 4. The number of nitrogens with one attached hydrogen (secondary N) is 1. The molecule has 0 saturated carbocycles. The van der Waals surface area contributed by atoms with Gasteiger partial charge in [-0.05, 0) is 55.9 Å². The number of ether oxygens (including phenoxy) is 1. The zero-order valence-corrected chi connectivity index (χ0v) is 16.8. The quantitative estimate of drug-likeness (QED) is 0.523. The fraction of sp³-hybridized carbons (Fsp3) is 0.333. The van der Waals surface area contributed by atoms with E-state index in [9.17, 15) is 9.59 Å². The summed E-state index contributed by atoms with van der Waals surface area (Å²) in [6.07, 6.45) is 5.21. The number of carbonyl (C=O) groups excluding carboxylic acids is 1. The number of aryl methyl sites for hydroxylation is 3. The normalized spacial score (nSPS) is 13.7.